The molecule has 4 heterocycles. The van der Waals surface area contributed by atoms with E-state index in [1.807, 2.05) is 0 Å². The summed E-state index contributed by atoms with van der Waals surface area (Å²) in [5.41, 5.74) is 0.157. The van der Waals surface area contributed by atoms with E-state index in [1.54, 1.807) is 17.7 Å². The molecule has 112 valence electrons. The number of aromatic nitrogens is 2. The van der Waals surface area contributed by atoms with Crippen LogP contribution in [0.25, 0.3) is 10.2 Å². The molecule has 2 saturated heterocycles. The minimum Gasteiger partial charge on any atom is -0.350 e. The van der Waals surface area contributed by atoms with E-state index in [-0.39, 0.29) is 5.54 Å². The first-order valence-electron chi connectivity index (χ1n) is 7.83. The van der Waals surface area contributed by atoms with Gasteiger partial charge in [0, 0.05) is 30.1 Å². The van der Waals surface area contributed by atoms with Crippen LogP contribution < -0.4 is 10.2 Å². The van der Waals surface area contributed by atoms with Crippen LogP contribution in [0.15, 0.2) is 12.4 Å². The molecule has 4 rings (SSSR count). The molecule has 0 radical (unpaired) electrons. The molecule has 1 N–H and O–H groups in total. The molecule has 2 unspecified atom stereocenters. The second kappa shape index (κ2) is 4.65. The van der Waals surface area contributed by atoms with Crippen molar-refractivity contribution in [1.29, 1.82) is 0 Å². The number of nitrogens with one attached hydrogen (secondary N) is 1. The third-order valence-corrected chi connectivity index (χ3v) is 6.51. The molecule has 2 aliphatic rings. The summed E-state index contributed by atoms with van der Waals surface area (Å²) in [6.07, 6.45) is 2.80. The van der Waals surface area contributed by atoms with Gasteiger partial charge in [0.2, 0.25) is 0 Å². The summed E-state index contributed by atoms with van der Waals surface area (Å²) in [4.78, 5) is 14.2. The average molecular weight is 302 g/mol. The predicted molar refractivity (Wildman–Crippen MR) is 88.1 cm³/mol. The number of thiophene rings is 1. The van der Waals surface area contributed by atoms with Gasteiger partial charge in [0.1, 0.15) is 17.0 Å². The van der Waals surface area contributed by atoms with E-state index in [4.69, 9.17) is 0 Å². The maximum absolute atomic E-state index is 4.66. The van der Waals surface area contributed by atoms with Gasteiger partial charge in [-0.2, -0.15) is 0 Å². The van der Waals surface area contributed by atoms with Crippen molar-refractivity contribution < 1.29 is 0 Å². The molecule has 4 nitrogen and oxygen atoms in total. The normalized spacial score (nSPS) is 27.5. The predicted octanol–water partition coefficient (Wildman–Crippen LogP) is 2.69. The number of anilines is 1. The minimum atomic E-state index is 0.157. The van der Waals surface area contributed by atoms with E-state index in [1.165, 1.54) is 10.3 Å². The molecule has 0 saturated carbocycles. The van der Waals surface area contributed by atoms with Gasteiger partial charge in [0.05, 0.1) is 5.39 Å². The van der Waals surface area contributed by atoms with Crippen molar-refractivity contribution >= 4 is 27.4 Å². The van der Waals surface area contributed by atoms with Crippen LogP contribution >= 0.6 is 11.3 Å². The van der Waals surface area contributed by atoms with Gasteiger partial charge in [-0.1, -0.05) is 6.92 Å². The third-order valence-electron chi connectivity index (χ3n) is 5.32. The number of hydrogen-bond donors (Lipinski definition) is 1. The largest absolute Gasteiger partial charge is 0.350 e. The summed E-state index contributed by atoms with van der Waals surface area (Å²) in [7, 11) is 0. The summed E-state index contributed by atoms with van der Waals surface area (Å²) in [5, 5.41) is 4.78. The molecule has 2 aromatic rings. The first-order valence-corrected chi connectivity index (χ1v) is 8.64. The second-order valence-electron chi connectivity index (χ2n) is 6.77. The number of fused-ring (bicyclic) bond motifs is 2. The summed E-state index contributed by atoms with van der Waals surface area (Å²) < 4.78 is 0. The van der Waals surface area contributed by atoms with E-state index in [9.17, 15) is 0 Å². The molecule has 2 aromatic heterocycles. The van der Waals surface area contributed by atoms with Crippen LogP contribution in [0.4, 0.5) is 5.82 Å². The highest BCUT2D eigenvalue weighted by Gasteiger charge is 2.50. The lowest BCUT2D eigenvalue weighted by Gasteiger charge is -2.36. The van der Waals surface area contributed by atoms with Crippen LogP contribution in [0.3, 0.4) is 0 Å². The van der Waals surface area contributed by atoms with E-state index in [0.29, 0.717) is 5.92 Å². The fourth-order valence-electron chi connectivity index (χ4n) is 4.06. The van der Waals surface area contributed by atoms with Crippen LogP contribution in [0.5, 0.6) is 0 Å². The molecule has 21 heavy (non-hydrogen) atoms. The van der Waals surface area contributed by atoms with E-state index < -0.39 is 0 Å². The molecule has 2 aliphatic heterocycles. The molecule has 0 spiro atoms. The Morgan fingerprint density at radius 1 is 1.38 bits per heavy atom. The Morgan fingerprint density at radius 3 is 3.00 bits per heavy atom. The highest BCUT2D eigenvalue weighted by atomic mass is 32.1. The van der Waals surface area contributed by atoms with Gasteiger partial charge in [0.15, 0.2) is 0 Å². The number of aryl methyl sites for hydroxylation is 1. The minimum absolute atomic E-state index is 0.157. The highest BCUT2D eigenvalue weighted by Crippen LogP contribution is 2.44. The molecular formula is C16H22N4S. The number of rotatable bonds is 2. The summed E-state index contributed by atoms with van der Waals surface area (Å²) in [6.45, 7) is 10.3. The topological polar surface area (TPSA) is 41.0 Å². The van der Waals surface area contributed by atoms with Crippen molar-refractivity contribution in [3.8, 4) is 0 Å². The lowest BCUT2D eigenvalue weighted by Crippen LogP contribution is -2.45. The van der Waals surface area contributed by atoms with Crippen molar-refractivity contribution in [3.05, 3.63) is 17.3 Å². The van der Waals surface area contributed by atoms with Crippen molar-refractivity contribution in [2.75, 3.05) is 24.5 Å². The maximum Gasteiger partial charge on any atom is 0.141 e. The van der Waals surface area contributed by atoms with Crippen LogP contribution in [-0.4, -0.2) is 35.1 Å². The van der Waals surface area contributed by atoms with Crippen LogP contribution in [-0.2, 0) is 6.42 Å². The Hall–Kier alpha value is -1.20. The Labute approximate surface area is 129 Å². The SMILES string of the molecule is CCc1cc2c(N3CC4CNCC4C3(C)C)ncnc2s1. The molecule has 0 aromatic carbocycles. The molecule has 2 fully saturated rings. The molecule has 0 aliphatic carbocycles. The zero-order valence-corrected chi connectivity index (χ0v) is 13.7. The van der Waals surface area contributed by atoms with E-state index in [0.717, 1.165) is 42.6 Å². The van der Waals surface area contributed by atoms with Gasteiger partial charge in [-0.25, -0.2) is 9.97 Å². The van der Waals surface area contributed by atoms with Crippen molar-refractivity contribution in [2.24, 2.45) is 11.8 Å². The van der Waals surface area contributed by atoms with Gasteiger partial charge in [0.25, 0.3) is 0 Å². The lowest BCUT2D eigenvalue weighted by molar-refractivity contribution is 0.356. The van der Waals surface area contributed by atoms with Gasteiger partial charge in [-0.15, -0.1) is 11.3 Å². The fraction of sp³-hybridized carbons (Fsp3) is 0.625. The molecular weight excluding hydrogens is 280 g/mol. The highest BCUT2D eigenvalue weighted by molar-refractivity contribution is 7.18. The van der Waals surface area contributed by atoms with E-state index >= 15 is 0 Å². The molecule has 2 atom stereocenters. The Bertz CT molecular complexity index is 678. The number of nitrogens with zero attached hydrogens (tertiary/aromatic N) is 3. The van der Waals surface area contributed by atoms with Crippen LogP contribution in [0.2, 0.25) is 0 Å². The second-order valence-corrected chi connectivity index (χ2v) is 7.89. The quantitative estimate of drug-likeness (QED) is 0.926. The van der Waals surface area contributed by atoms with Crippen molar-refractivity contribution in [2.45, 2.75) is 32.7 Å². The lowest BCUT2D eigenvalue weighted by atomic mass is 9.85. The summed E-state index contributed by atoms with van der Waals surface area (Å²) >= 11 is 1.80. The van der Waals surface area contributed by atoms with E-state index in [2.05, 4.69) is 47.0 Å². The molecule has 0 amide bonds. The summed E-state index contributed by atoms with van der Waals surface area (Å²) in [6, 6.07) is 2.29. The fourth-order valence-corrected chi connectivity index (χ4v) is 4.99. The van der Waals surface area contributed by atoms with Crippen LogP contribution in [0.1, 0.15) is 25.6 Å². The maximum atomic E-state index is 4.66. The number of hydrogen-bond acceptors (Lipinski definition) is 5. The van der Waals surface area contributed by atoms with Gasteiger partial charge >= 0.3 is 0 Å². The Kier molecular flexibility index (Phi) is 2.98. The monoisotopic (exact) mass is 302 g/mol. The molecule has 0 bridgehead atoms. The standard InChI is InChI=1S/C16H22N4S/c1-4-11-5-12-14(18-9-19-15(12)21-11)20-8-10-6-17-7-13(10)16(20,2)3/h5,9-10,13,17H,4,6-8H2,1-3H3. The van der Waals surface area contributed by atoms with Gasteiger partial charge in [-0.05, 0) is 38.2 Å². The van der Waals surface area contributed by atoms with Crippen molar-refractivity contribution in [3.63, 3.8) is 0 Å². The third kappa shape index (κ3) is 1.90. The van der Waals surface area contributed by atoms with Gasteiger partial charge < -0.3 is 10.2 Å². The zero-order chi connectivity index (χ0) is 14.6. The average Bonchev–Trinajstić information content (AvgIpc) is 3.14. The van der Waals surface area contributed by atoms with Crippen molar-refractivity contribution in [1.82, 2.24) is 15.3 Å². The Balaban J connectivity index is 1.81. The zero-order valence-electron chi connectivity index (χ0n) is 12.9. The molecule has 5 heteroatoms. The van der Waals surface area contributed by atoms with Gasteiger partial charge in [-0.3, -0.25) is 0 Å². The first-order chi connectivity index (χ1) is 10.1. The summed E-state index contributed by atoms with van der Waals surface area (Å²) in [5.74, 6) is 2.59. The first kappa shape index (κ1) is 13.5. The van der Waals surface area contributed by atoms with Crippen LogP contribution in [0, 0.1) is 11.8 Å². The Morgan fingerprint density at radius 2 is 2.24 bits per heavy atom. The smallest absolute Gasteiger partial charge is 0.141 e.